The fraction of sp³-hybridized carbons (Fsp3) is 0.345. The quantitative estimate of drug-likeness (QED) is 0.404. The number of allylic oxidation sites excluding steroid dienone is 4. The number of pyridine rings is 1. The van der Waals surface area contributed by atoms with Gasteiger partial charge in [-0.05, 0) is 60.4 Å². The van der Waals surface area contributed by atoms with Crippen LogP contribution >= 0.6 is 0 Å². The van der Waals surface area contributed by atoms with Crippen molar-refractivity contribution in [3.63, 3.8) is 0 Å². The van der Waals surface area contributed by atoms with Crippen LogP contribution in [0.2, 0.25) is 0 Å². The smallest absolute Gasteiger partial charge is 0.192 e. The molecule has 2 atom stereocenters. The highest BCUT2D eigenvalue weighted by molar-refractivity contribution is 5.95. The Morgan fingerprint density at radius 2 is 1.90 bits per heavy atom. The Morgan fingerprint density at radius 3 is 2.67 bits per heavy atom. The highest BCUT2D eigenvalue weighted by atomic mass is 15.1. The van der Waals surface area contributed by atoms with Gasteiger partial charge in [-0.1, -0.05) is 61.9 Å². The fourth-order valence-corrected chi connectivity index (χ4v) is 5.79. The van der Waals surface area contributed by atoms with Gasteiger partial charge in [-0.25, -0.2) is 0 Å². The van der Waals surface area contributed by atoms with Crippen LogP contribution in [0.4, 0.5) is 0 Å². The third kappa shape index (κ3) is 2.79. The maximum atomic E-state index is 2.59. The van der Waals surface area contributed by atoms with E-state index in [0.29, 0.717) is 5.92 Å². The summed E-state index contributed by atoms with van der Waals surface area (Å²) in [6.45, 7) is 9.39. The number of aromatic nitrogens is 1. The third-order valence-corrected chi connectivity index (χ3v) is 7.61. The van der Waals surface area contributed by atoms with Crippen molar-refractivity contribution in [2.75, 3.05) is 0 Å². The van der Waals surface area contributed by atoms with Gasteiger partial charge in [0.05, 0.1) is 10.9 Å². The van der Waals surface area contributed by atoms with Crippen LogP contribution < -0.4 is 4.57 Å². The van der Waals surface area contributed by atoms with Gasteiger partial charge >= 0.3 is 0 Å². The summed E-state index contributed by atoms with van der Waals surface area (Å²) in [5.41, 5.74) is 8.61. The van der Waals surface area contributed by atoms with E-state index in [1.54, 1.807) is 0 Å². The molecule has 1 aliphatic heterocycles. The molecule has 5 rings (SSSR count). The average Bonchev–Trinajstić information content (AvgIpc) is 2.78. The molecule has 1 heteroatoms. The first kappa shape index (κ1) is 19.3. The summed E-state index contributed by atoms with van der Waals surface area (Å²) < 4.78 is 2.59. The van der Waals surface area contributed by atoms with E-state index in [9.17, 15) is 0 Å². The Kier molecular flexibility index (Phi) is 4.65. The molecule has 0 amide bonds. The average molecular weight is 395 g/mol. The van der Waals surface area contributed by atoms with Crippen LogP contribution in [0.15, 0.2) is 72.5 Å². The zero-order valence-electron chi connectivity index (χ0n) is 18.7. The van der Waals surface area contributed by atoms with Crippen LogP contribution in [-0.2, 0) is 5.54 Å². The highest BCUT2D eigenvalue weighted by Gasteiger charge is 2.48. The lowest BCUT2D eigenvalue weighted by molar-refractivity contribution is -0.757. The monoisotopic (exact) mass is 394 g/mol. The molecular weight excluding hydrogens is 362 g/mol. The number of nitrogens with zero attached hydrogens (tertiary/aromatic N) is 1. The van der Waals surface area contributed by atoms with Gasteiger partial charge in [-0.2, -0.15) is 4.57 Å². The topological polar surface area (TPSA) is 3.88 Å². The second-order valence-electron chi connectivity index (χ2n) is 9.28. The lowest BCUT2D eigenvalue weighted by Crippen LogP contribution is -2.60. The van der Waals surface area contributed by atoms with Crippen molar-refractivity contribution in [3.8, 4) is 11.3 Å². The Bertz CT molecular complexity index is 1200. The maximum absolute atomic E-state index is 2.59. The molecule has 0 N–H and O–H groups in total. The van der Waals surface area contributed by atoms with E-state index in [-0.39, 0.29) is 5.54 Å². The maximum Gasteiger partial charge on any atom is 0.221 e. The van der Waals surface area contributed by atoms with Crippen LogP contribution in [0.5, 0.6) is 0 Å². The predicted molar refractivity (Wildman–Crippen MR) is 128 cm³/mol. The molecule has 0 radical (unpaired) electrons. The molecule has 0 fully saturated rings. The van der Waals surface area contributed by atoms with E-state index in [1.807, 2.05) is 0 Å². The summed E-state index contributed by atoms with van der Waals surface area (Å²) in [4.78, 5) is 0. The van der Waals surface area contributed by atoms with Crippen LogP contribution in [0, 0.1) is 0 Å². The van der Waals surface area contributed by atoms with E-state index in [4.69, 9.17) is 0 Å². The fourth-order valence-electron chi connectivity index (χ4n) is 5.79. The number of hydrogen-bond donors (Lipinski definition) is 0. The lowest BCUT2D eigenvalue weighted by Gasteiger charge is -2.38. The van der Waals surface area contributed by atoms with E-state index in [1.165, 1.54) is 50.7 Å². The molecule has 2 heterocycles. The second kappa shape index (κ2) is 7.23. The van der Waals surface area contributed by atoms with Crippen LogP contribution in [0.3, 0.4) is 0 Å². The van der Waals surface area contributed by atoms with E-state index in [2.05, 4.69) is 99.1 Å². The number of benzene rings is 2. The van der Waals surface area contributed by atoms with Crippen molar-refractivity contribution in [2.45, 2.75) is 64.8 Å². The Hall–Kier alpha value is -2.67. The van der Waals surface area contributed by atoms with Crippen molar-refractivity contribution in [1.82, 2.24) is 0 Å². The Balaban J connectivity index is 1.83. The van der Waals surface area contributed by atoms with Crippen LogP contribution in [-0.4, -0.2) is 0 Å². The zero-order valence-corrected chi connectivity index (χ0v) is 18.7. The van der Waals surface area contributed by atoms with Crippen molar-refractivity contribution < 1.29 is 4.57 Å². The molecule has 3 aromatic rings. The summed E-state index contributed by atoms with van der Waals surface area (Å²) in [5.74, 6) is 0.517. The highest BCUT2D eigenvalue weighted by Crippen LogP contribution is 2.47. The van der Waals surface area contributed by atoms with Gasteiger partial charge in [0.2, 0.25) is 5.69 Å². The van der Waals surface area contributed by atoms with Gasteiger partial charge in [0.25, 0.3) is 0 Å². The first-order valence-electron chi connectivity index (χ1n) is 11.5. The molecular formula is C29H32N+. The normalized spacial score (nSPS) is 22.9. The summed E-state index contributed by atoms with van der Waals surface area (Å²) in [5, 5.41) is 2.68. The molecule has 0 saturated heterocycles. The standard InChI is InChI=1S/C29H32N/c1-5-27-25-15-14-23(22-12-9-10-20(3)18-22)19-26(25)28-24-13-8-7-11-21(24)16-17-30(28)29(27,4)6-2/h7-8,11-19,27H,5-6,9-10H2,1-4H3/q+1. The largest absolute Gasteiger partial charge is 0.221 e. The molecule has 1 nitrogen and oxygen atoms in total. The van der Waals surface area contributed by atoms with E-state index >= 15 is 0 Å². The summed E-state index contributed by atoms with van der Waals surface area (Å²) >= 11 is 0. The number of fused-ring (bicyclic) bond motifs is 5. The van der Waals surface area contributed by atoms with E-state index < -0.39 is 0 Å². The van der Waals surface area contributed by atoms with E-state index in [0.717, 1.165) is 19.3 Å². The predicted octanol–water partition coefficient (Wildman–Crippen LogP) is 7.55. The minimum absolute atomic E-state index is 0.0865. The Labute approximate surface area is 180 Å². The first-order valence-corrected chi connectivity index (χ1v) is 11.5. The van der Waals surface area contributed by atoms with Crippen LogP contribution in [0.25, 0.3) is 27.6 Å². The molecule has 0 saturated carbocycles. The van der Waals surface area contributed by atoms with Gasteiger partial charge in [-0.15, -0.1) is 0 Å². The molecule has 0 spiro atoms. The molecule has 1 aliphatic carbocycles. The molecule has 1 aromatic heterocycles. The molecule has 30 heavy (non-hydrogen) atoms. The minimum Gasteiger partial charge on any atom is -0.192 e. The summed E-state index contributed by atoms with van der Waals surface area (Å²) in [7, 11) is 0. The lowest BCUT2D eigenvalue weighted by atomic mass is 9.71. The minimum atomic E-state index is 0.0865. The van der Waals surface area contributed by atoms with Crippen LogP contribution in [0.1, 0.15) is 70.4 Å². The van der Waals surface area contributed by atoms with Crippen molar-refractivity contribution in [1.29, 1.82) is 0 Å². The molecule has 2 aromatic carbocycles. The SMILES string of the molecule is CCC1c2ccc(C3=CCCC(C)=C3)cc2-c2c3ccccc3cc[n+]2C1(C)CC. The van der Waals surface area contributed by atoms with Crippen molar-refractivity contribution in [2.24, 2.45) is 0 Å². The number of rotatable bonds is 3. The first-order chi connectivity index (χ1) is 14.6. The second-order valence-corrected chi connectivity index (χ2v) is 9.28. The van der Waals surface area contributed by atoms with Gasteiger partial charge in [0, 0.05) is 25.3 Å². The zero-order chi connectivity index (χ0) is 20.9. The Morgan fingerprint density at radius 1 is 1.07 bits per heavy atom. The van der Waals surface area contributed by atoms with Gasteiger partial charge in [-0.3, -0.25) is 0 Å². The molecule has 2 unspecified atom stereocenters. The van der Waals surface area contributed by atoms with Gasteiger partial charge in [0.15, 0.2) is 11.7 Å². The molecule has 2 aliphatic rings. The number of hydrogen-bond acceptors (Lipinski definition) is 0. The third-order valence-electron chi connectivity index (χ3n) is 7.61. The van der Waals surface area contributed by atoms with Crippen molar-refractivity contribution in [3.05, 3.63) is 83.6 Å². The molecule has 152 valence electrons. The van der Waals surface area contributed by atoms with Gasteiger partial charge < -0.3 is 0 Å². The molecule has 0 bridgehead atoms. The van der Waals surface area contributed by atoms with Gasteiger partial charge in [0.1, 0.15) is 0 Å². The summed E-state index contributed by atoms with van der Waals surface area (Å²) in [6.07, 6.45) is 11.7. The van der Waals surface area contributed by atoms with Crippen molar-refractivity contribution >= 4 is 16.3 Å². The summed E-state index contributed by atoms with van der Waals surface area (Å²) in [6, 6.07) is 18.4.